The number of rotatable bonds is 1. The fourth-order valence-corrected chi connectivity index (χ4v) is 5.81. The van der Waals surface area contributed by atoms with Gasteiger partial charge in [0.25, 0.3) is 5.56 Å². The third-order valence-corrected chi connectivity index (χ3v) is 7.23. The first-order valence-electron chi connectivity index (χ1n) is 10.0. The summed E-state index contributed by atoms with van der Waals surface area (Å²) in [6, 6.07) is 27.9. The molecule has 0 N–H and O–H groups in total. The molecular weight excluding hydrogens is 404 g/mol. The lowest BCUT2D eigenvalue weighted by molar-refractivity contribution is 0.999. The Hall–Kier alpha value is -3.96. The third kappa shape index (κ3) is 2.08. The quantitative estimate of drug-likeness (QED) is 0.260. The van der Waals surface area contributed by atoms with E-state index in [4.69, 9.17) is 0 Å². The van der Waals surface area contributed by atoms with E-state index in [9.17, 15) is 9.59 Å². The van der Waals surface area contributed by atoms with Gasteiger partial charge in [-0.3, -0.25) is 9.20 Å². The van der Waals surface area contributed by atoms with E-state index in [1.54, 1.807) is 15.7 Å². The highest BCUT2D eigenvalue weighted by Gasteiger charge is 2.21. The molecule has 146 valence electrons. The summed E-state index contributed by atoms with van der Waals surface area (Å²) in [6.45, 7) is 0. The van der Waals surface area contributed by atoms with E-state index in [0.29, 0.717) is 10.9 Å². The molecule has 7 rings (SSSR count). The largest absolute Gasteiger partial charge is 0.340 e. The Labute approximate surface area is 179 Å². The van der Waals surface area contributed by atoms with E-state index in [-0.39, 0.29) is 11.2 Å². The molecule has 3 heterocycles. The molecule has 4 aromatic carbocycles. The second-order valence-electron chi connectivity index (χ2n) is 7.76. The highest BCUT2D eigenvalue weighted by molar-refractivity contribution is 7.24. The van der Waals surface area contributed by atoms with Crippen molar-refractivity contribution in [3.63, 3.8) is 0 Å². The molecule has 0 atom stereocenters. The van der Waals surface area contributed by atoms with Crippen molar-refractivity contribution in [3.05, 3.63) is 106 Å². The first kappa shape index (κ1) is 16.8. The first-order chi connectivity index (χ1) is 15.2. The standard InChI is InChI=1S/C26H14N2O2S/c29-25-18-11-10-16(15-6-2-1-3-7-15)14-19(18)17-12-13-22-24-23(17)28(25)26(30)27(24)20-8-4-5-9-21(20)31-22/h1-14H. The summed E-state index contributed by atoms with van der Waals surface area (Å²) < 4.78 is 5.05. The van der Waals surface area contributed by atoms with Gasteiger partial charge in [0.15, 0.2) is 0 Å². The van der Waals surface area contributed by atoms with Crippen LogP contribution in [-0.2, 0) is 0 Å². The average Bonchev–Trinajstić information content (AvgIpc) is 3.13. The number of hydrogen-bond donors (Lipinski definition) is 0. The molecule has 0 unspecified atom stereocenters. The molecule has 31 heavy (non-hydrogen) atoms. The van der Waals surface area contributed by atoms with E-state index < -0.39 is 0 Å². The molecular formula is C26H14N2O2S. The summed E-state index contributed by atoms with van der Waals surface area (Å²) in [5.74, 6) is 0. The molecule has 4 nitrogen and oxygen atoms in total. The predicted molar refractivity (Wildman–Crippen MR) is 128 cm³/mol. The molecule has 0 spiro atoms. The topological polar surface area (TPSA) is 43.0 Å². The van der Waals surface area contributed by atoms with Gasteiger partial charge in [0.2, 0.25) is 0 Å². The molecule has 0 aliphatic carbocycles. The Balaban J connectivity index is 1.75. The van der Waals surface area contributed by atoms with Crippen LogP contribution in [0.15, 0.2) is 94.5 Å². The lowest BCUT2D eigenvalue weighted by atomic mass is 9.99. The minimum atomic E-state index is -0.306. The lowest BCUT2D eigenvalue weighted by Crippen LogP contribution is -2.26. The fraction of sp³-hybridized carbons (Fsp3) is 0. The van der Waals surface area contributed by atoms with Gasteiger partial charge in [-0.1, -0.05) is 54.6 Å². The highest BCUT2D eigenvalue weighted by atomic mass is 32.1. The van der Waals surface area contributed by atoms with Crippen LogP contribution in [0.3, 0.4) is 0 Å². The third-order valence-electron chi connectivity index (χ3n) is 6.12. The van der Waals surface area contributed by atoms with Crippen molar-refractivity contribution in [2.45, 2.75) is 0 Å². The number of para-hydroxylation sites is 1. The first-order valence-corrected chi connectivity index (χ1v) is 10.9. The molecule has 0 radical (unpaired) electrons. The zero-order valence-corrected chi connectivity index (χ0v) is 17.0. The number of aromatic nitrogens is 2. The van der Waals surface area contributed by atoms with Crippen molar-refractivity contribution in [1.29, 1.82) is 0 Å². The van der Waals surface area contributed by atoms with Crippen molar-refractivity contribution in [3.8, 4) is 11.1 Å². The summed E-state index contributed by atoms with van der Waals surface area (Å²) in [7, 11) is 0. The van der Waals surface area contributed by atoms with Crippen LogP contribution in [0.4, 0.5) is 0 Å². The van der Waals surface area contributed by atoms with E-state index in [2.05, 4.69) is 24.3 Å². The van der Waals surface area contributed by atoms with Gasteiger partial charge in [-0.25, -0.2) is 9.20 Å². The maximum Gasteiger partial charge on any atom is 0.340 e. The van der Waals surface area contributed by atoms with Gasteiger partial charge in [-0.05, 0) is 46.8 Å². The van der Waals surface area contributed by atoms with Crippen molar-refractivity contribution < 1.29 is 0 Å². The molecule has 0 bridgehead atoms. The molecule has 0 amide bonds. The Kier molecular flexibility index (Phi) is 3.14. The van der Waals surface area contributed by atoms with Crippen molar-refractivity contribution in [1.82, 2.24) is 8.80 Å². The zero-order chi connectivity index (χ0) is 20.7. The summed E-state index contributed by atoms with van der Waals surface area (Å²) in [5.41, 5.74) is 3.91. The second kappa shape index (κ2) is 5.80. The highest BCUT2D eigenvalue weighted by Crippen LogP contribution is 2.35. The van der Waals surface area contributed by atoms with Crippen molar-refractivity contribution in [2.75, 3.05) is 0 Å². The number of benzene rings is 4. The van der Waals surface area contributed by atoms with Crippen molar-refractivity contribution >= 4 is 53.4 Å². The normalized spacial score (nSPS) is 12.1. The predicted octanol–water partition coefficient (Wildman–Crippen LogP) is 5.54. The average molecular weight is 418 g/mol. The number of nitrogens with zero attached hydrogens (tertiary/aromatic N) is 2. The van der Waals surface area contributed by atoms with E-state index in [1.165, 1.54) is 4.40 Å². The van der Waals surface area contributed by atoms with Crippen LogP contribution in [0.25, 0.3) is 53.2 Å². The van der Waals surface area contributed by atoms with Gasteiger partial charge in [0.05, 0.1) is 25.9 Å². The van der Waals surface area contributed by atoms with Gasteiger partial charge in [-0.15, -0.1) is 11.3 Å². The summed E-state index contributed by atoms with van der Waals surface area (Å²) >= 11 is 1.64. The van der Waals surface area contributed by atoms with Crippen LogP contribution in [-0.4, -0.2) is 8.80 Å². The molecule has 0 aliphatic heterocycles. The summed E-state index contributed by atoms with van der Waals surface area (Å²) in [4.78, 5) is 27.0. The Bertz CT molecular complexity index is 1930. The number of fused-ring (bicyclic) bond motifs is 4. The SMILES string of the molecule is O=c1c2ccc(-c3ccccc3)cc2c2ccc3sc4ccccc4n4c(=O)n1c2c34. The van der Waals surface area contributed by atoms with Gasteiger partial charge < -0.3 is 0 Å². The van der Waals surface area contributed by atoms with E-state index in [0.717, 1.165) is 42.3 Å². The Morgan fingerprint density at radius 1 is 0.581 bits per heavy atom. The lowest BCUT2D eigenvalue weighted by Gasteiger charge is -2.09. The summed E-state index contributed by atoms with van der Waals surface area (Å²) in [5, 5.41) is 2.35. The molecule has 0 saturated carbocycles. The zero-order valence-electron chi connectivity index (χ0n) is 16.2. The van der Waals surface area contributed by atoms with Crippen LogP contribution in [0.2, 0.25) is 0 Å². The maximum absolute atomic E-state index is 13.5. The summed E-state index contributed by atoms with van der Waals surface area (Å²) in [6.07, 6.45) is 0. The number of hydrogen-bond acceptors (Lipinski definition) is 3. The minimum absolute atomic E-state index is 0.266. The molecule has 0 aliphatic rings. The number of pyridine rings is 1. The molecule has 0 fully saturated rings. The maximum atomic E-state index is 13.5. The molecule has 3 aromatic heterocycles. The Morgan fingerprint density at radius 3 is 2.23 bits per heavy atom. The van der Waals surface area contributed by atoms with Crippen LogP contribution in [0.5, 0.6) is 0 Å². The van der Waals surface area contributed by atoms with Crippen LogP contribution < -0.4 is 11.2 Å². The second-order valence-corrected chi connectivity index (χ2v) is 8.85. The Morgan fingerprint density at radius 2 is 1.35 bits per heavy atom. The van der Waals surface area contributed by atoms with Crippen LogP contribution in [0.1, 0.15) is 0 Å². The van der Waals surface area contributed by atoms with Gasteiger partial charge in [0, 0.05) is 10.8 Å². The fourth-order valence-electron chi connectivity index (χ4n) is 4.74. The van der Waals surface area contributed by atoms with Gasteiger partial charge in [-0.2, -0.15) is 0 Å². The monoisotopic (exact) mass is 418 g/mol. The van der Waals surface area contributed by atoms with E-state index in [1.807, 2.05) is 60.7 Å². The molecule has 7 aromatic rings. The van der Waals surface area contributed by atoms with Crippen LogP contribution in [0, 0.1) is 0 Å². The minimum Gasteiger partial charge on any atom is -0.268 e. The number of imidazole rings is 1. The van der Waals surface area contributed by atoms with Crippen LogP contribution >= 0.6 is 11.3 Å². The molecule has 5 heteroatoms. The molecule has 0 saturated heterocycles. The van der Waals surface area contributed by atoms with Gasteiger partial charge in [0.1, 0.15) is 0 Å². The van der Waals surface area contributed by atoms with Gasteiger partial charge >= 0.3 is 5.69 Å². The van der Waals surface area contributed by atoms with E-state index >= 15 is 0 Å². The smallest absolute Gasteiger partial charge is 0.268 e. The van der Waals surface area contributed by atoms with Crippen molar-refractivity contribution in [2.24, 2.45) is 0 Å².